The standard InChI is InChI=1S/C19H17ClN4O4S/c20-16-6-2-1-5-15(16)18-22-23-19(28-18)21-17(25)13-7-9-14(10-8-13)29(26,27)24-11-3-4-12-24/h1-2,5-10H,3-4,11-12H2,(H,21,23,25). The van der Waals surface area contributed by atoms with Crippen LogP contribution >= 0.6 is 11.6 Å². The molecule has 0 bridgehead atoms. The average Bonchev–Trinajstić information content (AvgIpc) is 3.41. The zero-order valence-electron chi connectivity index (χ0n) is 15.2. The van der Waals surface area contributed by atoms with Crippen LogP contribution in [0.25, 0.3) is 11.5 Å². The van der Waals surface area contributed by atoms with Crippen LogP contribution < -0.4 is 5.32 Å². The third kappa shape index (κ3) is 4.02. The lowest BCUT2D eigenvalue weighted by atomic mass is 10.2. The summed E-state index contributed by atoms with van der Waals surface area (Å²) in [4.78, 5) is 12.6. The Morgan fingerprint density at radius 2 is 1.72 bits per heavy atom. The molecule has 0 radical (unpaired) electrons. The lowest BCUT2D eigenvalue weighted by Gasteiger charge is -2.15. The van der Waals surface area contributed by atoms with Crippen LogP contribution in [-0.4, -0.2) is 41.9 Å². The van der Waals surface area contributed by atoms with Gasteiger partial charge in [0.15, 0.2) is 0 Å². The van der Waals surface area contributed by atoms with Crippen molar-refractivity contribution in [2.24, 2.45) is 0 Å². The molecule has 1 aliphatic rings. The summed E-state index contributed by atoms with van der Waals surface area (Å²) < 4.78 is 32.0. The number of hydrogen-bond acceptors (Lipinski definition) is 6. The maximum Gasteiger partial charge on any atom is 0.322 e. The van der Waals surface area contributed by atoms with E-state index in [2.05, 4.69) is 15.5 Å². The summed E-state index contributed by atoms with van der Waals surface area (Å²) >= 11 is 6.10. The first kappa shape index (κ1) is 19.6. The molecule has 1 aromatic heterocycles. The smallest absolute Gasteiger partial charge is 0.322 e. The second-order valence-corrected chi connectivity index (χ2v) is 8.83. The van der Waals surface area contributed by atoms with Crippen molar-refractivity contribution in [3.8, 4) is 11.5 Å². The minimum atomic E-state index is -3.52. The van der Waals surface area contributed by atoms with Crippen molar-refractivity contribution in [1.29, 1.82) is 0 Å². The van der Waals surface area contributed by atoms with Crippen molar-refractivity contribution in [2.45, 2.75) is 17.7 Å². The molecule has 1 saturated heterocycles. The van der Waals surface area contributed by atoms with Gasteiger partial charge in [0.1, 0.15) is 0 Å². The normalized spacial score (nSPS) is 14.8. The number of hydrogen-bond donors (Lipinski definition) is 1. The van der Waals surface area contributed by atoms with E-state index in [4.69, 9.17) is 16.0 Å². The molecule has 150 valence electrons. The number of amides is 1. The highest BCUT2D eigenvalue weighted by Gasteiger charge is 2.27. The third-order valence-corrected chi connectivity index (χ3v) is 6.81. The fourth-order valence-electron chi connectivity index (χ4n) is 3.04. The van der Waals surface area contributed by atoms with Gasteiger partial charge in [0, 0.05) is 18.7 Å². The zero-order chi connectivity index (χ0) is 20.4. The molecule has 0 aliphatic carbocycles. The molecule has 1 amide bonds. The van der Waals surface area contributed by atoms with Crippen LogP contribution in [-0.2, 0) is 10.0 Å². The Hall–Kier alpha value is -2.75. The van der Waals surface area contributed by atoms with Crippen molar-refractivity contribution < 1.29 is 17.6 Å². The van der Waals surface area contributed by atoms with Gasteiger partial charge < -0.3 is 4.42 Å². The van der Waals surface area contributed by atoms with Gasteiger partial charge in [-0.2, -0.15) is 4.31 Å². The van der Waals surface area contributed by atoms with E-state index in [0.717, 1.165) is 12.8 Å². The van der Waals surface area contributed by atoms with Gasteiger partial charge in [-0.05, 0) is 49.2 Å². The molecule has 1 N–H and O–H groups in total. The minimum Gasteiger partial charge on any atom is -0.403 e. The monoisotopic (exact) mass is 432 g/mol. The van der Waals surface area contributed by atoms with Gasteiger partial charge in [0.2, 0.25) is 10.0 Å². The Morgan fingerprint density at radius 1 is 1.03 bits per heavy atom. The number of rotatable bonds is 5. The Labute approximate surface area is 172 Å². The number of nitrogens with one attached hydrogen (secondary N) is 1. The quantitative estimate of drug-likeness (QED) is 0.662. The average molecular weight is 433 g/mol. The summed E-state index contributed by atoms with van der Waals surface area (Å²) in [6.45, 7) is 1.05. The van der Waals surface area contributed by atoms with Crippen molar-refractivity contribution in [3.63, 3.8) is 0 Å². The van der Waals surface area contributed by atoms with Gasteiger partial charge in [-0.25, -0.2) is 8.42 Å². The topological polar surface area (TPSA) is 105 Å². The van der Waals surface area contributed by atoms with Crippen LogP contribution in [0.3, 0.4) is 0 Å². The SMILES string of the molecule is O=C(Nc1nnc(-c2ccccc2Cl)o1)c1ccc(S(=O)(=O)N2CCCC2)cc1. The van der Waals surface area contributed by atoms with E-state index >= 15 is 0 Å². The van der Waals surface area contributed by atoms with Crippen LogP contribution in [0.2, 0.25) is 5.02 Å². The van der Waals surface area contributed by atoms with Gasteiger partial charge in [-0.15, -0.1) is 5.10 Å². The van der Waals surface area contributed by atoms with E-state index in [0.29, 0.717) is 23.7 Å². The molecule has 0 spiro atoms. The lowest BCUT2D eigenvalue weighted by molar-refractivity contribution is 0.102. The summed E-state index contributed by atoms with van der Waals surface area (Å²) in [5.41, 5.74) is 0.821. The third-order valence-electron chi connectivity index (χ3n) is 4.57. The molecule has 0 saturated carbocycles. The number of anilines is 1. The van der Waals surface area contributed by atoms with Gasteiger partial charge in [-0.1, -0.05) is 28.8 Å². The molecular weight excluding hydrogens is 416 g/mol. The van der Waals surface area contributed by atoms with E-state index in [1.807, 2.05) is 0 Å². The molecule has 29 heavy (non-hydrogen) atoms. The van der Waals surface area contributed by atoms with Crippen molar-refractivity contribution in [2.75, 3.05) is 18.4 Å². The van der Waals surface area contributed by atoms with Crippen molar-refractivity contribution >= 4 is 33.5 Å². The first-order chi connectivity index (χ1) is 13.9. The molecule has 1 fully saturated rings. The molecule has 3 aromatic rings. The molecule has 2 aromatic carbocycles. The highest BCUT2D eigenvalue weighted by Crippen LogP contribution is 2.27. The Balaban J connectivity index is 1.47. The summed E-state index contributed by atoms with van der Waals surface area (Å²) in [7, 11) is -3.52. The zero-order valence-corrected chi connectivity index (χ0v) is 16.8. The highest BCUT2D eigenvalue weighted by atomic mass is 35.5. The molecular formula is C19H17ClN4O4S. The second-order valence-electron chi connectivity index (χ2n) is 6.48. The van der Waals surface area contributed by atoms with Crippen molar-refractivity contribution in [1.82, 2.24) is 14.5 Å². The van der Waals surface area contributed by atoms with E-state index in [-0.39, 0.29) is 22.4 Å². The Kier molecular flexibility index (Phi) is 5.35. The fourth-order valence-corrected chi connectivity index (χ4v) is 4.78. The van der Waals surface area contributed by atoms with Crippen LogP contribution in [0.1, 0.15) is 23.2 Å². The molecule has 1 aliphatic heterocycles. The largest absolute Gasteiger partial charge is 0.403 e. The lowest BCUT2D eigenvalue weighted by Crippen LogP contribution is -2.27. The number of nitrogens with zero attached hydrogens (tertiary/aromatic N) is 3. The predicted octanol–water partition coefficient (Wildman–Crippen LogP) is 3.43. The maximum absolute atomic E-state index is 12.6. The van der Waals surface area contributed by atoms with Gasteiger partial charge in [-0.3, -0.25) is 10.1 Å². The molecule has 0 unspecified atom stereocenters. The Bertz CT molecular complexity index is 1140. The second kappa shape index (κ2) is 7.94. The van der Waals surface area contributed by atoms with E-state index in [1.54, 1.807) is 24.3 Å². The number of carbonyl (C=O) groups is 1. The van der Waals surface area contributed by atoms with Gasteiger partial charge in [0.25, 0.3) is 11.8 Å². The summed E-state index contributed by atoms with van der Waals surface area (Å²) in [6.07, 6.45) is 1.72. The fraction of sp³-hybridized carbons (Fsp3) is 0.211. The number of carbonyl (C=O) groups excluding carboxylic acids is 1. The van der Waals surface area contributed by atoms with E-state index in [1.165, 1.54) is 28.6 Å². The van der Waals surface area contributed by atoms with Gasteiger partial charge >= 0.3 is 6.01 Å². The minimum absolute atomic E-state index is 0.0846. The summed E-state index contributed by atoms with van der Waals surface area (Å²) in [6, 6.07) is 12.6. The van der Waals surface area contributed by atoms with E-state index in [9.17, 15) is 13.2 Å². The first-order valence-corrected chi connectivity index (χ1v) is 10.8. The highest BCUT2D eigenvalue weighted by molar-refractivity contribution is 7.89. The van der Waals surface area contributed by atoms with Crippen molar-refractivity contribution in [3.05, 3.63) is 59.1 Å². The van der Waals surface area contributed by atoms with Crippen LogP contribution in [0, 0.1) is 0 Å². The predicted molar refractivity (Wildman–Crippen MR) is 107 cm³/mol. The Morgan fingerprint density at radius 3 is 2.41 bits per heavy atom. The molecule has 8 nitrogen and oxygen atoms in total. The maximum atomic E-state index is 12.6. The van der Waals surface area contributed by atoms with E-state index < -0.39 is 15.9 Å². The molecule has 10 heteroatoms. The molecule has 2 heterocycles. The molecule has 0 atom stereocenters. The summed E-state index contributed by atoms with van der Waals surface area (Å²) in [5, 5.41) is 10.6. The number of halogens is 1. The number of aromatic nitrogens is 2. The first-order valence-electron chi connectivity index (χ1n) is 8.95. The number of sulfonamides is 1. The van der Waals surface area contributed by atoms with Gasteiger partial charge in [0.05, 0.1) is 15.5 Å². The van der Waals surface area contributed by atoms with Crippen LogP contribution in [0.15, 0.2) is 57.8 Å². The summed E-state index contributed by atoms with van der Waals surface area (Å²) in [5.74, 6) is -0.317. The number of benzene rings is 2. The molecule has 4 rings (SSSR count). The van der Waals surface area contributed by atoms with Crippen LogP contribution in [0.5, 0.6) is 0 Å². The van der Waals surface area contributed by atoms with Crippen LogP contribution in [0.4, 0.5) is 6.01 Å².